The summed E-state index contributed by atoms with van der Waals surface area (Å²) in [6, 6.07) is 0.423. The van der Waals surface area contributed by atoms with Crippen LogP contribution in [-0.2, 0) is 15.9 Å². The Morgan fingerprint density at radius 3 is 2.45 bits per heavy atom. The van der Waals surface area contributed by atoms with Crippen LogP contribution in [0.25, 0.3) is 0 Å². The SMILES string of the molecule is C[C@H]1[C@H](OCC(C)(C)C)OC[C@H]([C@@H](O)[C@@H](N)Cc2cc(F)cc(F)c2)N1C(=O)O. The van der Waals surface area contributed by atoms with Crippen LogP contribution in [0.1, 0.15) is 33.3 Å². The number of carbonyl (C=O) groups is 1. The molecule has 1 aliphatic rings. The quantitative estimate of drug-likeness (QED) is 0.658. The van der Waals surface area contributed by atoms with E-state index < -0.39 is 48.2 Å². The van der Waals surface area contributed by atoms with E-state index in [1.165, 1.54) is 0 Å². The van der Waals surface area contributed by atoms with Crippen molar-refractivity contribution in [1.29, 1.82) is 0 Å². The van der Waals surface area contributed by atoms with Gasteiger partial charge in [0.2, 0.25) is 0 Å². The van der Waals surface area contributed by atoms with Crippen molar-refractivity contribution in [3.63, 3.8) is 0 Å². The smallest absolute Gasteiger partial charge is 0.408 e. The molecule has 1 saturated heterocycles. The summed E-state index contributed by atoms with van der Waals surface area (Å²) in [4.78, 5) is 12.9. The molecule has 29 heavy (non-hydrogen) atoms. The summed E-state index contributed by atoms with van der Waals surface area (Å²) in [5, 5.41) is 20.4. The molecule has 1 heterocycles. The Morgan fingerprint density at radius 2 is 1.93 bits per heavy atom. The minimum Gasteiger partial charge on any atom is -0.465 e. The standard InChI is InChI=1S/C20H30F2N2O5/c1-11-18(29-10-20(2,3)4)28-9-16(24(11)19(26)27)17(25)15(23)7-12-5-13(21)8-14(22)6-12/h5-6,8,11,15-18,25H,7,9-10,23H2,1-4H3,(H,26,27)/t11-,15-,16+,17-,18-/m0/s1. The summed E-state index contributed by atoms with van der Waals surface area (Å²) in [6.07, 6.45) is -3.35. The van der Waals surface area contributed by atoms with Crippen molar-refractivity contribution in [2.75, 3.05) is 13.2 Å². The molecular weight excluding hydrogens is 386 g/mol. The zero-order chi connectivity index (χ0) is 21.9. The van der Waals surface area contributed by atoms with E-state index in [0.29, 0.717) is 6.61 Å². The van der Waals surface area contributed by atoms with Gasteiger partial charge in [-0.1, -0.05) is 20.8 Å². The average Bonchev–Trinajstić information content (AvgIpc) is 2.57. The predicted octanol–water partition coefficient (Wildman–Crippen LogP) is 2.35. The minimum absolute atomic E-state index is 0.0296. The molecule has 164 valence electrons. The van der Waals surface area contributed by atoms with Gasteiger partial charge < -0.3 is 25.4 Å². The number of aliphatic hydroxyl groups is 1. The van der Waals surface area contributed by atoms with Gasteiger partial charge in [-0.3, -0.25) is 4.90 Å². The number of ether oxygens (including phenoxy) is 2. The van der Waals surface area contributed by atoms with E-state index in [1.807, 2.05) is 20.8 Å². The van der Waals surface area contributed by atoms with Gasteiger partial charge in [0.15, 0.2) is 6.29 Å². The van der Waals surface area contributed by atoms with Crippen molar-refractivity contribution < 1.29 is 33.3 Å². The third-order valence-corrected chi connectivity index (χ3v) is 4.75. The summed E-state index contributed by atoms with van der Waals surface area (Å²) in [6.45, 7) is 7.84. The van der Waals surface area contributed by atoms with Crippen molar-refractivity contribution in [3.05, 3.63) is 35.4 Å². The van der Waals surface area contributed by atoms with Crippen molar-refractivity contribution in [2.24, 2.45) is 11.1 Å². The van der Waals surface area contributed by atoms with Gasteiger partial charge in [-0.25, -0.2) is 13.6 Å². The second kappa shape index (κ2) is 9.34. The molecule has 1 amide bonds. The Bertz CT molecular complexity index is 692. The van der Waals surface area contributed by atoms with Gasteiger partial charge in [0.1, 0.15) is 11.6 Å². The highest BCUT2D eigenvalue weighted by atomic mass is 19.1. The second-order valence-electron chi connectivity index (χ2n) is 8.71. The van der Waals surface area contributed by atoms with E-state index in [1.54, 1.807) is 6.92 Å². The Hall–Kier alpha value is -1.81. The van der Waals surface area contributed by atoms with Crippen LogP contribution in [0, 0.1) is 17.0 Å². The number of nitrogens with two attached hydrogens (primary N) is 1. The fraction of sp³-hybridized carbons (Fsp3) is 0.650. The molecule has 0 radical (unpaired) electrons. The fourth-order valence-corrected chi connectivity index (χ4v) is 3.35. The summed E-state index contributed by atoms with van der Waals surface area (Å²) >= 11 is 0. The number of carboxylic acid groups (broad SMARTS) is 1. The van der Waals surface area contributed by atoms with Gasteiger partial charge in [0.25, 0.3) is 0 Å². The Morgan fingerprint density at radius 1 is 1.34 bits per heavy atom. The van der Waals surface area contributed by atoms with Crippen LogP contribution in [0.5, 0.6) is 0 Å². The summed E-state index contributed by atoms with van der Waals surface area (Å²) in [7, 11) is 0. The topological polar surface area (TPSA) is 105 Å². The highest BCUT2D eigenvalue weighted by Crippen LogP contribution is 2.26. The molecule has 0 spiro atoms. The van der Waals surface area contributed by atoms with E-state index in [0.717, 1.165) is 23.1 Å². The van der Waals surface area contributed by atoms with Crippen LogP contribution >= 0.6 is 0 Å². The van der Waals surface area contributed by atoms with Crippen molar-refractivity contribution in [2.45, 2.75) is 64.6 Å². The summed E-state index contributed by atoms with van der Waals surface area (Å²) < 4.78 is 38.2. The van der Waals surface area contributed by atoms with E-state index in [9.17, 15) is 23.8 Å². The van der Waals surface area contributed by atoms with Crippen LogP contribution in [-0.4, -0.2) is 64.9 Å². The molecule has 7 nitrogen and oxygen atoms in total. The lowest BCUT2D eigenvalue weighted by Crippen LogP contribution is -2.64. The Kier molecular flexibility index (Phi) is 7.56. The fourth-order valence-electron chi connectivity index (χ4n) is 3.35. The highest BCUT2D eigenvalue weighted by molar-refractivity contribution is 5.66. The first-order chi connectivity index (χ1) is 13.4. The number of rotatable bonds is 6. The number of halogens is 2. The number of morpholine rings is 1. The molecule has 1 aromatic carbocycles. The van der Waals surface area contributed by atoms with Gasteiger partial charge in [-0.05, 0) is 36.5 Å². The van der Waals surface area contributed by atoms with Gasteiger partial charge in [0.05, 0.1) is 31.4 Å². The lowest BCUT2D eigenvalue weighted by Gasteiger charge is -2.45. The molecule has 0 saturated carbocycles. The van der Waals surface area contributed by atoms with Crippen molar-refractivity contribution >= 4 is 6.09 Å². The monoisotopic (exact) mass is 416 g/mol. The molecule has 5 atom stereocenters. The van der Waals surface area contributed by atoms with Gasteiger partial charge >= 0.3 is 6.09 Å². The lowest BCUT2D eigenvalue weighted by molar-refractivity contribution is -0.231. The zero-order valence-electron chi connectivity index (χ0n) is 17.1. The molecule has 9 heteroatoms. The van der Waals surface area contributed by atoms with Gasteiger partial charge in [0, 0.05) is 12.1 Å². The molecule has 1 fully saturated rings. The van der Waals surface area contributed by atoms with Crippen LogP contribution in [0.15, 0.2) is 18.2 Å². The van der Waals surface area contributed by atoms with Crippen LogP contribution in [0.3, 0.4) is 0 Å². The van der Waals surface area contributed by atoms with Gasteiger partial charge in [-0.2, -0.15) is 0 Å². The number of amides is 1. The number of aliphatic hydroxyl groups excluding tert-OH is 1. The lowest BCUT2D eigenvalue weighted by atomic mass is 9.94. The number of hydrogen-bond acceptors (Lipinski definition) is 5. The van der Waals surface area contributed by atoms with Crippen molar-refractivity contribution in [3.8, 4) is 0 Å². The molecule has 1 aliphatic heterocycles. The first-order valence-corrected chi connectivity index (χ1v) is 9.52. The Balaban J connectivity index is 2.10. The molecule has 4 N–H and O–H groups in total. The van der Waals surface area contributed by atoms with E-state index >= 15 is 0 Å². The maximum Gasteiger partial charge on any atom is 0.408 e. The zero-order valence-corrected chi connectivity index (χ0v) is 17.1. The molecule has 0 bridgehead atoms. The van der Waals surface area contributed by atoms with Gasteiger partial charge in [-0.15, -0.1) is 0 Å². The number of nitrogens with zero attached hydrogens (tertiary/aromatic N) is 1. The van der Waals surface area contributed by atoms with E-state index in [4.69, 9.17) is 15.2 Å². The first kappa shape index (κ1) is 23.5. The number of benzene rings is 1. The highest BCUT2D eigenvalue weighted by Gasteiger charge is 2.44. The van der Waals surface area contributed by atoms with Crippen molar-refractivity contribution in [1.82, 2.24) is 4.90 Å². The van der Waals surface area contributed by atoms with Crippen LogP contribution in [0.4, 0.5) is 13.6 Å². The number of hydrogen-bond donors (Lipinski definition) is 3. The molecular formula is C20H30F2N2O5. The Labute approximate surface area is 169 Å². The maximum atomic E-state index is 13.4. The third-order valence-electron chi connectivity index (χ3n) is 4.75. The predicted molar refractivity (Wildman–Crippen MR) is 102 cm³/mol. The normalized spacial score (nSPS) is 25.0. The van der Waals surface area contributed by atoms with E-state index in [-0.39, 0.29) is 24.0 Å². The molecule has 0 unspecified atom stereocenters. The summed E-state index contributed by atoms with van der Waals surface area (Å²) in [5.41, 5.74) is 6.18. The summed E-state index contributed by atoms with van der Waals surface area (Å²) in [5.74, 6) is -1.50. The molecule has 0 aliphatic carbocycles. The average molecular weight is 416 g/mol. The molecule has 1 aromatic rings. The van der Waals surface area contributed by atoms with E-state index in [2.05, 4.69) is 0 Å². The molecule has 0 aromatic heterocycles. The largest absolute Gasteiger partial charge is 0.465 e. The second-order valence-corrected chi connectivity index (χ2v) is 8.71. The maximum absolute atomic E-state index is 13.4. The van der Waals surface area contributed by atoms with Crippen LogP contribution in [0.2, 0.25) is 0 Å². The van der Waals surface area contributed by atoms with Crippen LogP contribution < -0.4 is 5.73 Å². The third kappa shape index (κ3) is 6.33. The minimum atomic E-state index is -1.30. The molecule has 2 rings (SSSR count). The first-order valence-electron chi connectivity index (χ1n) is 9.52.